The molecule has 4 rings (SSSR count). The van der Waals surface area contributed by atoms with Crippen LogP contribution in [0.2, 0.25) is 0 Å². The van der Waals surface area contributed by atoms with Crippen LogP contribution in [0.3, 0.4) is 0 Å². The molecule has 0 unspecified atom stereocenters. The van der Waals surface area contributed by atoms with E-state index in [1.807, 2.05) is 30.3 Å². The Morgan fingerprint density at radius 3 is 2.65 bits per heavy atom. The number of hydrogen-bond acceptors (Lipinski definition) is 4. The molecule has 0 atom stereocenters. The molecule has 2 aromatic heterocycles. The lowest BCUT2D eigenvalue weighted by molar-refractivity contribution is -0.131. The van der Waals surface area contributed by atoms with Crippen molar-refractivity contribution < 1.29 is 9.59 Å². The summed E-state index contributed by atoms with van der Waals surface area (Å²) < 4.78 is 1.58. The van der Waals surface area contributed by atoms with Crippen LogP contribution in [0.15, 0.2) is 53.8 Å². The van der Waals surface area contributed by atoms with Crippen LogP contribution in [0, 0.1) is 0 Å². The van der Waals surface area contributed by atoms with Crippen molar-refractivity contribution in [2.24, 2.45) is 0 Å². The zero-order chi connectivity index (χ0) is 22.0. The third-order valence-corrected chi connectivity index (χ3v) is 5.53. The minimum atomic E-state index is -0.305. The van der Waals surface area contributed by atoms with Crippen LogP contribution < -0.4 is 5.56 Å². The number of rotatable bonds is 5. The van der Waals surface area contributed by atoms with E-state index in [1.165, 1.54) is 4.90 Å². The van der Waals surface area contributed by atoms with Crippen molar-refractivity contribution in [1.29, 1.82) is 0 Å². The zero-order valence-corrected chi connectivity index (χ0v) is 17.7. The molecule has 3 heterocycles. The van der Waals surface area contributed by atoms with Crippen LogP contribution in [0.4, 0.5) is 0 Å². The van der Waals surface area contributed by atoms with Gasteiger partial charge in [-0.2, -0.15) is 0 Å². The molecule has 0 saturated heterocycles. The summed E-state index contributed by atoms with van der Waals surface area (Å²) in [6.45, 7) is 1.20. The maximum Gasteiger partial charge on any atom is 0.264 e. The molecule has 31 heavy (non-hydrogen) atoms. The Labute approximate surface area is 180 Å². The van der Waals surface area contributed by atoms with Gasteiger partial charge in [-0.1, -0.05) is 30.3 Å². The summed E-state index contributed by atoms with van der Waals surface area (Å²) in [5.41, 5.74) is 3.23. The number of carbonyl (C=O) groups is 2. The summed E-state index contributed by atoms with van der Waals surface area (Å²) in [6.07, 6.45) is 5.70. The number of amides is 2. The molecule has 2 amide bonds. The summed E-state index contributed by atoms with van der Waals surface area (Å²) >= 11 is 0. The van der Waals surface area contributed by atoms with Gasteiger partial charge in [0.1, 0.15) is 5.56 Å². The summed E-state index contributed by atoms with van der Waals surface area (Å²) in [7, 11) is 3.29. The summed E-state index contributed by atoms with van der Waals surface area (Å²) in [6, 6.07) is 9.64. The van der Waals surface area contributed by atoms with Gasteiger partial charge in [-0.3, -0.25) is 14.4 Å². The van der Waals surface area contributed by atoms with E-state index in [2.05, 4.69) is 9.97 Å². The molecule has 1 aliphatic rings. The number of nitrogens with zero attached hydrogens (tertiary/aromatic N) is 4. The van der Waals surface area contributed by atoms with E-state index >= 15 is 0 Å². The van der Waals surface area contributed by atoms with Crippen molar-refractivity contribution in [3.05, 3.63) is 87.4 Å². The van der Waals surface area contributed by atoms with E-state index in [-0.39, 0.29) is 29.4 Å². The van der Waals surface area contributed by atoms with Gasteiger partial charge in [0.25, 0.3) is 11.5 Å². The number of carbonyl (C=O) groups excluding carboxylic acids is 2. The Hall–Kier alpha value is -3.68. The van der Waals surface area contributed by atoms with Gasteiger partial charge in [0.05, 0.1) is 19.3 Å². The first-order valence-electron chi connectivity index (χ1n) is 10.2. The maximum atomic E-state index is 13.2. The first kappa shape index (κ1) is 20.6. The van der Waals surface area contributed by atoms with Crippen molar-refractivity contribution >= 4 is 11.8 Å². The zero-order valence-electron chi connectivity index (χ0n) is 17.7. The molecule has 1 aliphatic heterocycles. The molecule has 1 N–H and O–H groups in total. The number of aromatic nitrogens is 3. The van der Waals surface area contributed by atoms with E-state index in [1.54, 1.807) is 42.3 Å². The predicted molar refractivity (Wildman–Crippen MR) is 116 cm³/mol. The Kier molecular flexibility index (Phi) is 5.70. The van der Waals surface area contributed by atoms with E-state index < -0.39 is 0 Å². The Balaban J connectivity index is 1.70. The molecule has 0 saturated carbocycles. The lowest BCUT2D eigenvalue weighted by atomic mass is 9.95. The normalized spacial score (nSPS) is 13.0. The van der Waals surface area contributed by atoms with Crippen LogP contribution in [-0.2, 0) is 30.7 Å². The second-order valence-corrected chi connectivity index (χ2v) is 7.95. The van der Waals surface area contributed by atoms with E-state index in [9.17, 15) is 14.4 Å². The van der Waals surface area contributed by atoms with Crippen LogP contribution >= 0.6 is 0 Å². The standard InChI is InChI=1S/C23H25N5O3/c1-26(2)22(30)21-19-8-9-27(20(29)10-18-11-24-15-25-18)13-17(19)14-28(23(21)31)12-16-6-4-3-5-7-16/h3-7,11,14-15H,8-10,12-13H2,1-2H3,(H,24,25). The van der Waals surface area contributed by atoms with Gasteiger partial charge in [-0.15, -0.1) is 0 Å². The highest BCUT2D eigenvalue weighted by molar-refractivity contribution is 5.95. The van der Waals surface area contributed by atoms with Gasteiger partial charge in [-0.05, 0) is 23.1 Å². The van der Waals surface area contributed by atoms with E-state index in [0.717, 1.165) is 22.4 Å². The number of pyridine rings is 1. The van der Waals surface area contributed by atoms with Gasteiger partial charge in [-0.25, -0.2) is 4.98 Å². The lowest BCUT2D eigenvalue weighted by Crippen LogP contribution is -2.41. The fourth-order valence-electron chi connectivity index (χ4n) is 3.92. The molecule has 0 radical (unpaired) electrons. The fourth-order valence-corrected chi connectivity index (χ4v) is 3.92. The van der Waals surface area contributed by atoms with Crippen molar-refractivity contribution in [3.8, 4) is 0 Å². The summed E-state index contributed by atoms with van der Waals surface area (Å²) in [5.74, 6) is -0.322. The molecule has 0 fully saturated rings. The van der Waals surface area contributed by atoms with Gasteiger partial charge in [0, 0.05) is 45.3 Å². The number of benzene rings is 1. The monoisotopic (exact) mass is 419 g/mol. The summed E-state index contributed by atoms with van der Waals surface area (Å²) in [4.78, 5) is 49.0. The number of aromatic amines is 1. The third kappa shape index (κ3) is 4.28. The SMILES string of the molecule is CN(C)C(=O)c1c2c(cn(Cc3ccccc3)c1=O)CN(C(=O)Cc1cnc[nH]1)CC2. The Morgan fingerprint density at radius 2 is 1.97 bits per heavy atom. The molecule has 160 valence electrons. The number of fused-ring (bicyclic) bond motifs is 1. The molecule has 0 bridgehead atoms. The highest BCUT2D eigenvalue weighted by Crippen LogP contribution is 2.22. The van der Waals surface area contributed by atoms with E-state index in [4.69, 9.17) is 0 Å². The summed E-state index contributed by atoms with van der Waals surface area (Å²) in [5, 5.41) is 0. The van der Waals surface area contributed by atoms with Gasteiger partial charge in [0.2, 0.25) is 5.91 Å². The highest BCUT2D eigenvalue weighted by atomic mass is 16.2. The van der Waals surface area contributed by atoms with Crippen LogP contribution in [0.5, 0.6) is 0 Å². The first-order valence-corrected chi connectivity index (χ1v) is 10.2. The van der Waals surface area contributed by atoms with Crippen molar-refractivity contribution in [3.63, 3.8) is 0 Å². The second kappa shape index (κ2) is 8.59. The molecule has 1 aromatic carbocycles. The molecule has 0 spiro atoms. The number of H-pyrrole nitrogens is 1. The average Bonchev–Trinajstić information content (AvgIpc) is 3.27. The van der Waals surface area contributed by atoms with Crippen molar-refractivity contribution in [1.82, 2.24) is 24.3 Å². The van der Waals surface area contributed by atoms with Gasteiger partial charge in [0.15, 0.2) is 0 Å². The largest absolute Gasteiger partial charge is 0.348 e. The molecule has 8 heteroatoms. The highest BCUT2D eigenvalue weighted by Gasteiger charge is 2.28. The molecule has 0 aliphatic carbocycles. The van der Waals surface area contributed by atoms with Crippen LogP contribution in [0.1, 0.15) is 32.7 Å². The van der Waals surface area contributed by atoms with Crippen LogP contribution in [0.25, 0.3) is 0 Å². The number of imidazole rings is 1. The van der Waals surface area contributed by atoms with E-state index in [0.29, 0.717) is 26.1 Å². The molecular formula is C23H25N5O3. The quantitative estimate of drug-likeness (QED) is 0.678. The van der Waals surface area contributed by atoms with Crippen molar-refractivity contribution in [2.45, 2.75) is 25.9 Å². The average molecular weight is 419 g/mol. The van der Waals surface area contributed by atoms with Crippen molar-refractivity contribution in [2.75, 3.05) is 20.6 Å². The second-order valence-electron chi connectivity index (χ2n) is 7.95. The smallest absolute Gasteiger partial charge is 0.264 e. The predicted octanol–water partition coefficient (Wildman–Crippen LogP) is 1.45. The molecule has 3 aromatic rings. The maximum absolute atomic E-state index is 13.2. The third-order valence-electron chi connectivity index (χ3n) is 5.53. The van der Waals surface area contributed by atoms with Gasteiger partial charge < -0.3 is 19.4 Å². The topological polar surface area (TPSA) is 91.3 Å². The lowest BCUT2D eigenvalue weighted by Gasteiger charge is -2.31. The fraction of sp³-hybridized carbons (Fsp3) is 0.304. The number of nitrogens with one attached hydrogen (secondary N) is 1. The minimum absolute atomic E-state index is 0.0174. The van der Waals surface area contributed by atoms with Crippen LogP contribution in [-0.4, -0.2) is 56.8 Å². The number of hydrogen-bond donors (Lipinski definition) is 1. The Morgan fingerprint density at radius 1 is 1.19 bits per heavy atom. The molecular weight excluding hydrogens is 394 g/mol. The minimum Gasteiger partial charge on any atom is -0.348 e. The first-order chi connectivity index (χ1) is 14.9. The molecule has 8 nitrogen and oxygen atoms in total. The van der Waals surface area contributed by atoms with Gasteiger partial charge >= 0.3 is 0 Å². The Bertz CT molecular complexity index is 1150.